The standard InChI is InChI=1S/C15H28N2O/c1-12-2-4-13(5-3-12)6-11-17-15(18)14-7-9-16-10-8-14/h12-14,16H,2-11H2,1H3,(H,17,18). The predicted molar refractivity (Wildman–Crippen MR) is 74.3 cm³/mol. The van der Waals surface area contributed by atoms with Crippen LogP contribution in [0, 0.1) is 17.8 Å². The number of piperidine rings is 1. The van der Waals surface area contributed by atoms with Gasteiger partial charge in [-0.15, -0.1) is 0 Å². The van der Waals surface area contributed by atoms with Crippen LogP contribution in [0.5, 0.6) is 0 Å². The number of rotatable bonds is 4. The second kappa shape index (κ2) is 7.13. The molecular formula is C15H28N2O. The van der Waals surface area contributed by atoms with E-state index in [9.17, 15) is 4.79 Å². The quantitative estimate of drug-likeness (QED) is 0.806. The molecule has 1 saturated heterocycles. The van der Waals surface area contributed by atoms with E-state index in [1.807, 2.05) is 0 Å². The van der Waals surface area contributed by atoms with Crippen LogP contribution in [0.3, 0.4) is 0 Å². The maximum absolute atomic E-state index is 12.0. The molecule has 1 saturated carbocycles. The highest BCUT2D eigenvalue weighted by Gasteiger charge is 2.21. The second-order valence-corrected chi connectivity index (χ2v) is 6.23. The van der Waals surface area contributed by atoms with E-state index in [0.717, 1.165) is 44.3 Å². The van der Waals surface area contributed by atoms with Gasteiger partial charge in [-0.2, -0.15) is 0 Å². The van der Waals surface area contributed by atoms with Gasteiger partial charge in [0.25, 0.3) is 0 Å². The van der Waals surface area contributed by atoms with Crippen molar-refractivity contribution in [3.8, 4) is 0 Å². The van der Waals surface area contributed by atoms with Crippen molar-refractivity contribution in [3.05, 3.63) is 0 Å². The fourth-order valence-corrected chi connectivity index (χ4v) is 3.25. The van der Waals surface area contributed by atoms with Gasteiger partial charge in [-0.05, 0) is 44.2 Å². The van der Waals surface area contributed by atoms with Gasteiger partial charge in [0.2, 0.25) is 5.91 Å². The molecule has 1 aliphatic carbocycles. The molecule has 1 amide bonds. The summed E-state index contributed by atoms with van der Waals surface area (Å²) in [6, 6.07) is 0. The Bertz CT molecular complexity index is 253. The molecule has 1 aliphatic heterocycles. The molecule has 0 atom stereocenters. The average molecular weight is 252 g/mol. The third kappa shape index (κ3) is 4.27. The van der Waals surface area contributed by atoms with Crippen molar-refractivity contribution < 1.29 is 4.79 Å². The first-order valence-electron chi connectivity index (χ1n) is 7.74. The van der Waals surface area contributed by atoms with Crippen molar-refractivity contribution in [1.82, 2.24) is 10.6 Å². The van der Waals surface area contributed by atoms with Crippen LogP contribution in [-0.2, 0) is 4.79 Å². The molecule has 3 heteroatoms. The van der Waals surface area contributed by atoms with Crippen molar-refractivity contribution in [2.45, 2.75) is 51.9 Å². The fraction of sp³-hybridized carbons (Fsp3) is 0.933. The molecule has 2 aliphatic rings. The average Bonchev–Trinajstić information content (AvgIpc) is 2.42. The normalized spacial score (nSPS) is 30.1. The molecule has 0 unspecified atom stereocenters. The summed E-state index contributed by atoms with van der Waals surface area (Å²) in [5.74, 6) is 2.33. The van der Waals surface area contributed by atoms with E-state index in [0.29, 0.717) is 5.91 Å². The van der Waals surface area contributed by atoms with Crippen LogP contribution in [0.4, 0.5) is 0 Å². The smallest absolute Gasteiger partial charge is 0.223 e. The number of hydrogen-bond acceptors (Lipinski definition) is 2. The first kappa shape index (κ1) is 13.9. The van der Waals surface area contributed by atoms with Crippen LogP contribution in [0.25, 0.3) is 0 Å². The molecule has 2 fully saturated rings. The molecule has 1 heterocycles. The summed E-state index contributed by atoms with van der Waals surface area (Å²) in [6.45, 7) is 5.24. The number of carbonyl (C=O) groups excluding carboxylic acids is 1. The van der Waals surface area contributed by atoms with Crippen LogP contribution >= 0.6 is 0 Å². The molecule has 2 rings (SSSR count). The summed E-state index contributed by atoms with van der Waals surface area (Å²) in [7, 11) is 0. The van der Waals surface area contributed by atoms with Gasteiger partial charge in [-0.25, -0.2) is 0 Å². The molecule has 2 N–H and O–H groups in total. The van der Waals surface area contributed by atoms with Gasteiger partial charge in [0, 0.05) is 12.5 Å². The van der Waals surface area contributed by atoms with Crippen molar-refractivity contribution >= 4 is 5.91 Å². The predicted octanol–water partition coefficient (Wildman–Crippen LogP) is 2.32. The molecule has 0 radical (unpaired) electrons. The first-order valence-corrected chi connectivity index (χ1v) is 7.74. The lowest BCUT2D eigenvalue weighted by atomic mass is 9.81. The Morgan fingerprint density at radius 2 is 1.78 bits per heavy atom. The maximum Gasteiger partial charge on any atom is 0.223 e. The highest BCUT2D eigenvalue weighted by molar-refractivity contribution is 5.78. The summed E-state index contributed by atoms with van der Waals surface area (Å²) >= 11 is 0. The minimum atomic E-state index is 0.262. The molecule has 0 spiro atoms. The Morgan fingerprint density at radius 3 is 2.44 bits per heavy atom. The Kier molecular flexibility index (Phi) is 5.48. The maximum atomic E-state index is 12.0. The summed E-state index contributed by atoms with van der Waals surface area (Å²) in [4.78, 5) is 12.0. The minimum Gasteiger partial charge on any atom is -0.356 e. The van der Waals surface area contributed by atoms with Gasteiger partial charge >= 0.3 is 0 Å². The molecule has 3 nitrogen and oxygen atoms in total. The van der Waals surface area contributed by atoms with Gasteiger partial charge < -0.3 is 10.6 Å². The highest BCUT2D eigenvalue weighted by Crippen LogP contribution is 2.29. The Balaban J connectivity index is 1.58. The van der Waals surface area contributed by atoms with Crippen molar-refractivity contribution in [2.24, 2.45) is 17.8 Å². The summed E-state index contributed by atoms with van der Waals surface area (Å²) in [5, 5.41) is 6.45. The molecule has 0 aromatic rings. The van der Waals surface area contributed by atoms with Crippen LogP contribution in [0.2, 0.25) is 0 Å². The van der Waals surface area contributed by atoms with Crippen LogP contribution in [-0.4, -0.2) is 25.5 Å². The zero-order valence-electron chi connectivity index (χ0n) is 11.7. The molecule has 0 bridgehead atoms. The molecule has 0 aromatic carbocycles. The lowest BCUT2D eigenvalue weighted by molar-refractivity contribution is -0.125. The van der Waals surface area contributed by atoms with Crippen LogP contribution in [0.1, 0.15) is 51.9 Å². The fourth-order valence-electron chi connectivity index (χ4n) is 3.25. The van der Waals surface area contributed by atoms with E-state index in [2.05, 4.69) is 17.6 Å². The minimum absolute atomic E-state index is 0.262. The van der Waals surface area contributed by atoms with Crippen molar-refractivity contribution in [1.29, 1.82) is 0 Å². The Labute approximate surface area is 111 Å². The SMILES string of the molecule is CC1CCC(CCNC(=O)C2CCNCC2)CC1. The first-order chi connectivity index (χ1) is 8.75. The van der Waals surface area contributed by atoms with E-state index in [-0.39, 0.29) is 5.92 Å². The van der Waals surface area contributed by atoms with Gasteiger partial charge in [0.15, 0.2) is 0 Å². The number of hydrogen-bond donors (Lipinski definition) is 2. The molecule has 104 valence electrons. The Hall–Kier alpha value is -0.570. The molecule has 0 aromatic heterocycles. The lowest BCUT2D eigenvalue weighted by Gasteiger charge is -2.26. The monoisotopic (exact) mass is 252 g/mol. The van der Waals surface area contributed by atoms with Crippen LogP contribution in [0.15, 0.2) is 0 Å². The number of amides is 1. The van der Waals surface area contributed by atoms with E-state index in [4.69, 9.17) is 0 Å². The van der Waals surface area contributed by atoms with Gasteiger partial charge in [-0.1, -0.05) is 32.6 Å². The Morgan fingerprint density at radius 1 is 1.11 bits per heavy atom. The van der Waals surface area contributed by atoms with E-state index < -0.39 is 0 Å². The number of carbonyl (C=O) groups is 1. The van der Waals surface area contributed by atoms with Gasteiger partial charge in [-0.3, -0.25) is 4.79 Å². The van der Waals surface area contributed by atoms with E-state index in [1.54, 1.807) is 0 Å². The topological polar surface area (TPSA) is 41.1 Å². The third-order valence-corrected chi connectivity index (χ3v) is 4.70. The van der Waals surface area contributed by atoms with Gasteiger partial charge in [0.05, 0.1) is 0 Å². The van der Waals surface area contributed by atoms with Gasteiger partial charge in [0.1, 0.15) is 0 Å². The zero-order chi connectivity index (χ0) is 12.8. The second-order valence-electron chi connectivity index (χ2n) is 6.23. The molecular weight excluding hydrogens is 224 g/mol. The lowest BCUT2D eigenvalue weighted by Crippen LogP contribution is -2.38. The largest absolute Gasteiger partial charge is 0.356 e. The summed E-state index contributed by atoms with van der Waals surface area (Å²) in [6.07, 6.45) is 8.69. The molecule has 18 heavy (non-hydrogen) atoms. The van der Waals surface area contributed by atoms with E-state index in [1.165, 1.54) is 32.1 Å². The van der Waals surface area contributed by atoms with E-state index >= 15 is 0 Å². The zero-order valence-corrected chi connectivity index (χ0v) is 11.7. The summed E-state index contributed by atoms with van der Waals surface area (Å²) in [5.41, 5.74) is 0. The summed E-state index contributed by atoms with van der Waals surface area (Å²) < 4.78 is 0. The van der Waals surface area contributed by atoms with Crippen molar-refractivity contribution in [2.75, 3.05) is 19.6 Å². The van der Waals surface area contributed by atoms with Crippen LogP contribution < -0.4 is 10.6 Å². The third-order valence-electron chi connectivity index (χ3n) is 4.70. The van der Waals surface area contributed by atoms with Crippen molar-refractivity contribution in [3.63, 3.8) is 0 Å². The number of nitrogens with one attached hydrogen (secondary N) is 2. The highest BCUT2D eigenvalue weighted by atomic mass is 16.1.